The summed E-state index contributed by atoms with van der Waals surface area (Å²) in [7, 11) is 0. The lowest BCUT2D eigenvalue weighted by molar-refractivity contribution is -0.137. The molecule has 0 aliphatic heterocycles. The lowest BCUT2D eigenvalue weighted by atomic mass is 10.00. The Kier molecular flexibility index (Phi) is 3.30. The van der Waals surface area contributed by atoms with Crippen LogP contribution in [0.1, 0.15) is 18.1 Å². The molecule has 6 heteroatoms. The number of aryl methyl sites for hydroxylation is 1. The molecule has 2 rings (SSSR count). The number of aromatic nitrogens is 2. The standard InChI is InChI=1S/C13H10F3N3/c1-2-19-8-10(7-18-19)11-4-3-9(6-17)5-12(11)13(14,15)16/h3-5,7-8H,2H2,1H3. The molecule has 0 aliphatic rings. The summed E-state index contributed by atoms with van der Waals surface area (Å²) < 4.78 is 40.6. The number of hydrogen-bond acceptors (Lipinski definition) is 2. The first-order valence-corrected chi connectivity index (χ1v) is 5.60. The van der Waals surface area contributed by atoms with Gasteiger partial charge in [-0.2, -0.15) is 23.5 Å². The Bertz CT molecular complexity index is 635. The van der Waals surface area contributed by atoms with Crippen LogP contribution in [0, 0.1) is 11.3 Å². The normalized spacial score (nSPS) is 11.3. The fraction of sp³-hybridized carbons (Fsp3) is 0.231. The third-order valence-electron chi connectivity index (χ3n) is 2.72. The van der Waals surface area contributed by atoms with Crippen molar-refractivity contribution in [2.24, 2.45) is 0 Å². The Labute approximate surface area is 107 Å². The zero-order valence-electron chi connectivity index (χ0n) is 10.1. The molecule has 1 aromatic heterocycles. The molecular weight excluding hydrogens is 255 g/mol. The number of alkyl halides is 3. The van der Waals surface area contributed by atoms with Gasteiger partial charge in [0.1, 0.15) is 0 Å². The van der Waals surface area contributed by atoms with Crippen LogP contribution in [0.15, 0.2) is 30.6 Å². The number of nitriles is 1. The number of benzene rings is 1. The van der Waals surface area contributed by atoms with Crippen molar-refractivity contribution in [2.45, 2.75) is 19.6 Å². The lowest BCUT2D eigenvalue weighted by Gasteiger charge is -2.11. The van der Waals surface area contributed by atoms with E-state index < -0.39 is 11.7 Å². The highest BCUT2D eigenvalue weighted by molar-refractivity contribution is 5.68. The molecule has 2 aromatic rings. The Morgan fingerprint density at radius 2 is 2.11 bits per heavy atom. The fourth-order valence-electron chi connectivity index (χ4n) is 1.78. The van der Waals surface area contributed by atoms with E-state index in [1.165, 1.54) is 18.3 Å². The van der Waals surface area contributed by atoms with Gasteiger partial charge in [-0.05, 0) is 24.6 Å². The van der Waals surface area contributed by atoms with Gasteiger partial charge in [0.2, 0.25) is 0 Å². The van der Waals surface area contributed by atoms with Crippen LogP contribution < -0.4 is 0 Å². The molecule has 0 spiro atoms. The van der Waals surface area contributed by atoms with Gasteiger partial charge in [-0.25, -0.2) is 0 Å². The minimum absolute atomic E-state index is 0.0149. The van der Waals surface area contributed by atoms with E-state index in [-0.39, 0.29) is 11.1 Å². The fourth-order valence-corrected chi connectivity index (χ4v) is 1.78. The molecule has 0 saturated carbocycles. The molecule has 0 unspecified atom stereocenters. The van der Waals surface area contributed by atoms with Gasteiger partial charge in [0.15, 0.2) is 0 Å². The Balaban J connectivity index is 2.60. The monoisotopic (exact) mass is 265 g/mol. The maximum absolute atomic E-state index is 13.0. The molecule has 0 radical (unpaired) electrons. The quantitative estimate of drug-likeness (QED) is 0.834. The molecule has 0 N–H and O–H groups in total. The van der Waals surface area contributed by atoms with Gasteiger partial charge in [-0.3, -0.25) is 4.68 Å². The van der Waals surface area contributed by atoms with Gasteiger partial charge >= 0.3 is 6.18 Å². The number of halogens is 3. The van der Waals surface area contributed by atoms with E-state index in [1.54, 1.807) is 16.9 Å². The second kappa shape index (κ2) is 4.76. The van der Waals surface area contributed by atoms with E-state index in [0.717, 1.165) is 6.07 Å². The highest BCUT2D eigenvalue weighted by atomic mass is 19.4. The third-order valence-corrected chi connectivity index (χ3v) is 2.72. The SMILES string of the molecule is CCn1cc(-c2ccc(C#N)cc2C(F)(F)F)cn1. The zero-order valence-corrected chi connectivity index (χ0v) is 10.1. The maximum atomic E-state index is 13.0. The van der Waals surface area contributed by atoms with Crippen molar-refractivity contribution in [3.8, 4) is 17.2 Å². The summed E-state index contributed by atoms with van der Waals surface area (Å²) in [6.07, 6.45) is -1.56. The molecule has 0 fully saturated rings. The highest BCUT2D eigenvalue weighted by Gasteiger charge is 2.34. The second-order valence-corrected chi connectivity index (χ2v) is 3.95. The molecule has 0 bridgehead atoms. The molecule has 0 aliphatic carbocycles. The van der Waals surface area contributed by atoms with E-state index >= 15 is 0 Å². The topological polar surface area (TPSA) is 41.6 Å². The van der Waals surface area contributed by atoms with Crippen LogP contribution >= 0.6 is 0 Å². The van der Waals surface area contributed by atoms with Gasteiger partial charge in [0.25, 0.3) is 0 Å². The van der Waals surface area contributed by atoms with Crippen molar-refractivity contribution >= 4 is 0 Å². The van der Waals surface area contributed by atoms with Crippen LogP contribution in [-0.4, -0.2) is 9.78 Å². The van der Waals surface area contributed by atoms with Gasteiger partial charge in [-0.1, -0.05) is 6.07 Å². The molecule has 0 amide bonds. The maximum Gasteiger partial charge on any atom is 0.417 e. The number of hydrogen-bond donors (Lipinski definition) is 0. The van der Waals surface area contributed by atoms with E-state index in [9.17, 15) is 13.2 Å². The molecule has 1 aromatic carbocycles. The van der Waals surface area contributed by atoms with Crippen LogP contribution in [-0.2, 0) is 12.7 Å². The van der Waals surface area contributed by atoms with E-state index in [4.69, 9.17) is 5.26 Å². The highest BCUT2D eigenvalue weighted by Crippen LogP contribution is 2.37. The van der Waals surface area contributed by atoms with Crippen molar-refractivity contribution in [1.29, 1.82) is 5.26 Å². The summed E-state index contributed by atoms with van der Waals surface area (Å²) in [5.74, 6) is 0. The second-order valence-electron chi connectivity index (χ2n) is 3.95. The molecule has 19 heavy (non-hydrogen) atoms. The van der Waals surface area contributed by atoms with Gasteiger partial charge < -0.3 is 0 Å². The summed E-state index contributed by atoms with van der Waals surface area (Å²) in [5.41, 5.74) is -0.411. The number of rotatable bonds is 2. The zero-order chi connectivity index (χ0) is 14.0. The summed E-state index contributed by atoms with van der Waals surface area (Å²) >= 11 is 0. The van der Waals surface area contributed by atoms with Crippen molar-refractivity contribution in [1.82, 2.24) is 9.78 Å². The summed E-state index contributed by atoms with van der Waals surface area (Å²) in [5, 5.41) is 12.7. The predicted molar refractivity (Wildman–Crippen MR) is 63.1 cm³/mol. The molecular formula is C13H10F3N3. The van der Waals surface area contributed by atoms with Gasteiger partial charge in [0.05, 0.1) is 23.4 Å². The largest absolute Gasteiger partial charge is 0.417 e. The minimum atomic E-state index is -4.50. The molecule has 0 atom stereocenters. The van der Waals surface area contributed by atoms with Crippen molar-refractivity contribution in [2.75, 3.05) is 0 Å². The van der Waals surface area contributed by atoms with Gasteiger partial charge in [0, 0.05) is 18.3 Å². The van der Waals surface area contributed by atoms with Crippen molar-refractivity contribution in [3.63, 3.8) is 0 Å². The first kappa shape index (κ1) is 13.1. The van der Waals surface area contributed by atoms with Crippen molar-refractivity contribution in [3.05, 3.63) is 41.7 Å². The molecule has 3 nitrogen and oxygen atoms in total. The Morgan fingerprint density at radius 1 is 1.37 bits per heavy atom. The van der Waals surface area contributed by atoms with E-state index in [2.05, 4.69) is 5.10 Å². The van der Waals surface area contributed by atoms with E-state index in [0.29, 0.717) is 12.1 Å². The molecule has 0 saturated heterocycles. The molecule has 98 valence electrons. The minimum Gasteiger partial charge on any atom is -0.272 e. The first-order valence-electron chi connectivity index (χ1n) is 5.60. The van der Waals surface area contributed by atoms with Crippen LogP contribution in [0.5, 0.6) is 0 Å². The average molecular weight is 265 g/mol. The number of nitrogens with zero attached hydrogens (tertiary/aromatic N) is 3. The summed E-state index contributed by atoms with van der Waals surface area (Å²) in [4.78, 5) is 0. The Hall–Kier alpha value is -2.29. The van der Waals surface area contributed by atoms with Crippen LogP contribution in [0.3, 0.4) is 0 Å². The van der Waals surface area contributed by atoms with Crippen molar-refractivity contribution < 1.29 is 13.2 Å². The summed E-state index contributed by atoms with van der Waals surface area (Å²) in [6, 6.07) is 5.25. The predicted octanol–water partition coefficient (Wildman–Crippen LogP) is 3.46. The smallest absolute Gasteiger partial charge is 0.272 e. The van der Waals surface area contributed by atoms with Crippen LogP contribution in [0.4, 0.5) is 13.2 Å². The lowest BCUT2D eigenvalue weighted by Crippen LogP contribution is -2.07. The Morgan fingerprint density at radius 3 is 2.63 bits per heavy atom. The average Bonchev–Trinajstić information content (AvgIpc) is 2.85. The third kappa shape index (κ3) is 2.60. The molecule has 1 heterocycles. The van der Waals surface area contributed by atoms with Crippen LogP contribution in [0.2, 0.25) is 0 Å². The van der Waals surface area contributed by atoms with E-state index in [1.807, 2.05) is 6.92 Å². The van der Waals surface area contributed by atoms with Gasteiger partial charge in [-0.15, -0.1) is 0 Å². The van der Waals surface area contributed by atoms with Crippen LogP contribution in [0.25, 0.3) is 11.1 Å². The first-order chi connectivity index (χ1) is 8.95. The summed E-state index contributed by atoms with van der Waals surface area (Å²) in [6.45, 7) is 2.43.